The van der Waals surface area contributed by atoms with Crippen LogP contribution in [0.1, 0.15) is 37.2 Å². The summed E-state index contributed by atoms with van der Waals surface area (Å²) < 4.78 is 44.5. The van der Waals surface area contributed by atoms with Gasteiger partial charge in [-0.25, -0.2) is 0 Å². The van der Waals surface area contributed by atoms with Crippen LogP contribution in [0.2, 0.25) is 0 Å². The average molecular weight is 470 g/mol. The molecule has 0 saturated carbocycles. The Morgan fingerprint density at radius 1 is 0.676 bits per heavy atom. The number of fused-ring (bicyclic) bond motifs is 3. The van der Waals surface area contributed by atoms with Crippen molar-refractivity contribution < 1.29 is 47.5 Å². The van der Waals surface area contributed by atoms with Gasteiger partial charge in [0.1, 0.15) is 0 Å². The lowest BCUT2D eigenvalue weighted by Crippen LogP contribution is -2.24. The summed E-state index contributed by atoms with van der Waals surface area (Å²) in [5.74, 6) is 1.35. The molecule has 0 amide bonds. The Morgan fingerprint density at radius 3 is 1.50 bits per heavy atom. The van der Waals surface area contributed by atoms with Crippen molar-refractivity contribution in [2.24, 2.45) is 11.8 Å². The topological polar surface area (TPSA) is 108 Å². The summed E-state index contributed by atoms with van der Waals surface area (Å²) in [7, 11) is 0. The minimum atomic E-state index is -1.08. The molecule has 34 heavy (non-hydrogen) atoms. The van der Waals surface area contributed by atoms with Crippen molar-refractivity contribution in [2.45, 2.75) is 39.0 Å². The third kappa shape index (κ3) is 3.68. The number of ether oxygens (including phenoxy) is 8. The average Bonchev–Trinajstić information content (AvgIpc) is 3.53. The molecule has 4 heterocycles. The number of hydrogen-bond donors (Lipinski definition) is 0. The van der Waals surface area contributed by atoms with Crippen LogP contribution in [0, 0.1) is 11.8 Å². The second-order valence-electron chi connectivity index (χ2n) is 8.52. The van der Waals surface area contributed by atoms with Crippen LogP contribution >= 0.6 is 0 Å². The van der Waals surface area contributed by atoms with Crippen molar-refractivity contribution in [2.75, 3.05) is 13.2 Å². The van der Waals surface area contributed by atoms with Gasteiger partial charge in [0.05, 0.1) is 25.4 Å². The molecule has 2 aromatic rings. The first-order valence-electron chi connectivity index (χ1n) is 11.0. The Morgan fingerprint density at radius 2 is 1.09 bits per heavy atom. The molecular weight excluding hydrogens is 448 g/mol. The number of carbonyl (C=O) groups is 2. The molecule has 0 bridgehead atoms. The predicted octanol–water partition coefficient (Wildman–Crippen LogP) is 3.00. The molecular formula is C24H22O10. The van der Waals surface area contributed by atoms with Gasteiger partial charge < -0.3 is 37.9 Å². The molecule has 4 aliphatic heterocycles. The van der Waals surface area contributed by atoms with Crippen LogP contribution < -0.4 is 18.9 Å². The van der Waals surface area contributed by atoms with E-state index in [1.807, 2.05) is 24.3 Å². The smallest absolute Gasteiger partial charge is 0.408 e. The van der Waals surface area contributed by atoms with Crippen LogP contribution in [0.15, 0.2) is 36.4 Å². The minimum Gasteiger partial charge on any atom is -0.419 e. The molecule has 2 unspecified atom stereocenters. The molecule has 178 valence electrons. The van der Waals surface area contributed by atoms with E-state index in [1.54, 1.807) is 12.1 Å². The highest BCUT2D eigenvalue weighted by atomic mass is 16.9. The highest BCUT2D eigenvalue weighted by Gasteiger charge is 2.48. The lowest BCUT2D eigenvalue weighted by Gasteiger charge is -2.17. The summed E-state index contributed by atoms with van der Waals surface area (Å²) in [6.45, 7) is 1.51. The molecule has 4 aliphatic rings. The molecule has 2 aromatic carbocycles. The van der Waals surface area contributed by atoms with E-state index in [0.717, 1.165) is 11.1 Å². The van der Waals surface area contributed by atoms with Gasteiger partial charge in [0.15, 0.2) is 23.0 Å². The van der Waals surface area contributed by atoms with Gasteiger partial charge in [0.2, 0.25) is 0 Å². The SMILES string of the molecule is CC(=O)OC1Oc2ccc([C@H]3OC[C@H]4[C@@H]3CO[C@@H]4c3ccc4c(c3)OC(OC(C)=O)O4)cc2O1. The van der Waals surface area contributed by atoms with Gasteiger partial charge in [-0.1, -0.05) is 12.1 Å². The van der Waals surface area contributed by atoms with Gasteiger partial charge in [-0.3, -0.25) is 9.59 Å². The van der Waals surface area contributed by atoms with E-state index in [1.165, 1.54) is 13.8 Å². The number of hydrogen-bond acceptors (Lipinski definition) is 10. The summed E-state index contributed by atoms with van der Waals surface area (Å²) >= 11 is 0. The van der Waals surface area contributed by atoms with Crippen molar-refractivity contribution in [1.29, 1.82) is 0 Å². The second-order valence-corrected chi connectivity index (χ2v) is 8.52. The zero-order valence-electron chi connectivity index (χ0n) is 18.4. The Kier molecular flexibility index (Phi) is 5.00. The van der Waals surface area contributed by atoms with Gasteiger partial charge in [-0.2, -0.15) is 0 Å². The highest BCUT2D eigenvalue weighted by molar-refractivity contribution is 5.66. The third-order valence-corrected chi connectivity index (χ3v) is 6.27. The van der Waals surface area contributed by atoms with Crippen LogP contribution in [0.3, 0.4) is 0 Å². The number of carbonyl (C=O) groups excluding carboxylic acids is 2. The maximum Gasteiger partial charge on any atom is 0.408 e. The first kappa shape index (κ1) is 21.1. The summed E-state index contributed by atoms with van der Waals surface area (Å²) in [6.07, 6.45) is -0.335. The van der Waals surface area contributed by atoms with Crippen molar-refractivity contribution in [3.63, 3.8) is 0 Å². The van der Waals surface area contributed by atoms with Crippen LogP contribution in [-0.4, -0.2) is 38.1 Å². The molecule has 0 spiro atoms. The van der Waals surface area contributed by atoms with Crippen molar-refractivity contribution in [3.05, 3.63) is 47.5 Å². The maximum absolute atomic E-state index is 11.2. The quantitative estimate of drug-likeness (QED) is 0.619. The molecule has 10 heteroatoms. The Labute approximate surface area is 194 Å². The molecule has 0 radical (unpaired) electrons. The molecule has 0 N–H and O–H groups in total. The number of benzene rings is 2. The van der Waals surface area contributed by atoms with Crippen molar-refractivity contribution >= 4 is 11.9 Å². The van der Waals surface area contributed by atoms with Gasteiger partial charge in [-0.05, 0) is 35.4 Å². The van der Waals surface area contributed by atoms with Crippen LogP contribution in [0.4, 0.5) is 0 Å². The van der Waals surface area contributed by atoms with E-state index in [2.05, 4.69) is 0 Å². The normalized spacial score (nSPS) is 30.2. The maximum atomic E-state index is 11.2. The van der Waals surface area contributed by atoms with Gasteiger partial charge >= 0.3 is 24.9 Å². The van der Waals surface area contributed by atoms with Crippen molar-refractivity contribution in [1.82, 2.24) is 0 Å². The molecule has 0 aromatic heterocycles. The summed E-state index contributed by atoms with van der Waals surface area (Å²) in [6, 6.07) is 11.1. The minimum absolute atomic E-state index is 0.147. The number of esters is 2. The van der Waals surface area contributed by atoms with Crippen LogP contribution in [0.5, 0.6) is 23.0 Å². The van der Waals surface area contributed by atoms with E-state index in [9.17, 15) is 9.59 Å². The molecule has 10 nitrogen and oxygen atoms in total. The Hall–Kier alpha value is -3.50. The van der Waals surface area contributed by atoms with E-state index in [4.69, 9.17) is 37.9 Å². The third-order valence-electron chi connectivity index (χ3n) is 6.27. The monoisotopic (exact) mass is 470 g/mol. The highest BCUT2D eigenvalue weighted by Crippen LogP contribution is 2.52. The fourth-order valence-electron chi connectivity index (χ4n) is 4.85. The van der Waals surface area contributed by atoms with Gasteiger partial charge in [0.25, 0.3) is 0 Å². The molecule has 2 saturated heterocycles. The lowest BCUT2D eigenvalue weighted by molar-refractivity contribution is -0.193. The molecule has 6 rings (SSSR count). The van der Waals surface area contributed by atoms with Crippen LogP contribution in [0.25, 0.3) is 0 Å². The van der Waals surface area contributed by atoms with Gasteiger partial charge in [0, 0.05) is 25.7 Å². The van der Waals surface area contributed by atoms with Crippen molar-refractivity contribution in [3.8, 4) is 23.0 Å². The summed E-state index contributed by atoms with van der Waals surface area (Å²) in [5.41, 5.74) is 1.88. The van der Waals surface area contributed by atoms with Gasteiger partial charge in [-0.15, -0.1) is 0 Å². The number of rotatable bonds is 4. The second kappa shape index (κ2) is 8.07. The fraction of sp³-hybridized carbons (Fsp3) is 0.417. The van der Waals surface area contributed by atoms with E-state index in [-0.39, 0.29) is 24.0 Å². The first-order chi connectivity index (χ1) is 16.4. The Bertz CT molecular complexity index is 1060. The lowest BCUT2D eigenvalue weighted by atomic mass is 9.85. The van der Waals surface area contributed by atoms with E-state index < -0.39 is 24.9 Å². The molecule has 6 atom stereocenters. The molecule has 0 aliphatic carbocycles. The van der Waals surface area contributed by atoms with E-state index >= 15 is 0 Å². The largest absolute Gasteiger partial charge is 0.419 e. The standard InChI is InChI=1S/C24H22O10/c1-11(25)29-23-31-17-5-3-13(7-19(17)33-23)21-15-9-28-22(16(15)10-27-21)14-4-6-18-20(8-14)34-24(32-18)30-12(2)26/h3-8,15-16,21-24H,9-10H2,1-2H3/t15-,16-,21+,22+,23?,24?/m0/s1. The van der Waals surface area contributed by atoms with E-state index in [0.29, 0.717) is 36.2 Å². The first-order valence-corrected chi connectivity index (χ1v) is 11.0. The zero-order valence-corrected chi connectivity index (χ0v) is 18.4. The Balaban J connectivity index is 1.16. The zero-order chi connectivity index (χ0) is 23.4. The molecule has 2 fully saturated rings. The van der Waals surface area contributed by atoms with Crippen LogP contribution in [-0.2, 0) is 28.5 Å². The summed E-state index contributed by atoms with van der Waals surface area (Å²) in [4.78, 5) is 22.3. The fourth-order valence-corrected chi connectivity index (χ4v) is 4.85. The summed E-state index contributed by atoms with van der Waals surface area (Å²) in [5, 5.41) is 0. The predicted molar refractivity (Wildman–Crippen MR) is 111 cm³/mol.